The number of oxazole rings is 1. The van der Waals surface area contributed by atoms with Crippen molar-refractivity contribution in [2.75, 3.05) is 18.0 Å². The molecule has 1 N–H and O–H groups in total. The number of aliphatic hydroxyl groups is 1. The van der Waals surface area contributed by atoms with Crippen molar-refractivity contribution in [3.05, 3.63) is 12.0 Å². The van der Waals surface area contributed by atoms with E-state index >= 15 is 0 Å². The minimum Gasteiger partial charge on any atom is -0.432 e. The number of anilines is 1. The van der Waals surface area contributed by atoms with Gasteiger partial charge in [-0.15, -0.1) is 0 Å². The van der Waals surface area contributed by atoms with Gasteiger partial charge in [-0.3, -0.25) is 0 Å². The van der Waals surface area contributed by atoms with Crippen LogP contribution in [0.1, 0.15) is 19.5 Å². The Balaban J connectivity index is 2.72. The summed E-state index contributed by atoms with van der Waals surface area (Å²) < 4.78 is 5.15. The number of aliphatic hydroxyl groups excluding tert-OH is 1. The van der Waals surface area contributed by atoms with Crippen LogP contribution in [-0.2, 0) is 6.61 Å². The first kappa shape index (κ1) is 9.06. The summed E-state index contributed by atoms with van der Waals surface area (Å²) in [5.74, 6) is 0. The van der Waals surface area contributed by atoms with Crippen molar-refractivity contribution in [1.29, 1.82) is 0 Å². The number of rotatable bonds is 4. The van der Waals surface area contributed by atoms with E-state index in [2.05, 4.69) is 4.98 Å². The first-order valence-corrected chi connectivity index (χ1v) is 4.12. The molecule has 0 fully saturated rings. The molecule has 0 saturated heterocycles. The van der Waals surface area contributed by atoms with Gasteiger partial charge in [-0.1, -0.05) is 0 Å². The molecule has 0 amide bonds. The largest absolute Gasteiger partial charge is 0.432 e. The summed E-state index contributed by atoms with van der Waals surface area (Å²) in [4.78, 5) is 6.07. The van der Waals surface area contributed by atoms with Crippen molar-refractivity contribution in [3.63, 3.8) is 0 Å². The van der Waals surface area contributed by atoms with Crippen LogP contribution in [0.15, 0.2) is 10.7 Å². The standard InChI is InChI=1S/C8H14N2O2/c1-3-10(4-2)8-9-7(5-11)6-12-8/h6,11H,3-5H2,1-2H3. The van der Waals surface area contributed by atoms with Gasteiger partial charge in [0.25, 0.3) is 6.01 Å². The lowest BCUT2D eigenvalue weighted by molar-refractivity contribution is 0.276. The third-order valence-corrected chi connectivity index (χ3v) is 1.74. The van der Waals surface area contributed by atoms with E-state index in [0.717, 1.165) is 13.1 Å². The third kappa shape index (κ3) is 1.76. The van der Waals surface area contributed by atoms with Crippen LogP contribution in [0.25, 0.3) is 0 Å². The fraction of sp³-hybridized carbons (Fsp3) is 0.625. The molecule has 0 saturated carbocycles. The quantitative estimate of drug-likeness (QED) is 0.732. The zero-order chi connectivity index (χ0) is 8.97. The Bertz CT molecular complexity index is 231. The molecule has 12 heavy (non-hydrogen) atoms. The van der Waals surface area contributed by atoms with Gasteiger partial charge in [-0.05, 0) is 13.8 Å². The second-order valence-electron chi connectivity index (χ2n) is 2.45. The summed E-state index contributed by atoms with van der Waals surface area (Å²) in [5.41, 5.74) is 0.580. The highest BCUT2D eigenvalue weighted by Crippen LogP contribution is 2.12. The second-order valence-corrected chi connectivity index (χ2v) is 2.45. The normalized spacial score (nSPS) is 10.2. The Morgan fingerprint density at radius 2 is 2.17 bits per heavy atom. The van der Waals surface area contributed by atoms with Gasteiger partial charge in [0.15, 0.2) is 0 Å². The Kier molecular flexibility index (Phi) is 3.10. The molecule has 68 valence electrons. The van der Waals surface area contributed by atoms with Crippen molar-refractivity contribution >= 4 is 6.01 Å². The molecule has 4 heteroatoms. The van der Waals surface area contributed by atoms with E-state index in [1.54, 1.807) is 0 Å². The fourth-order valence-corrected chi connectivity index (χ4v) is 1.01. The van der Waals surface area contributed by atoms with Crippen molar-refractivity contribution in [3.8, 4) is 0 Å². The van der Waals surface area contributed by atoms with Gasteiger partial charge in [-0.2, -0.15) is 4.98 Å². The molecule has 0 aliphatic heterocycles. The van der Waals surface area contributed by atoms with Crippen LogP contribution >= 0.6 is 0 Å². The van der Waals surface area contributed by atoms with Gasteiger partial charge in [0.1, 0.15) is 12.0 Å². The van der Waals surface area contributed by atoms with Crippen LogP contribution in [0.5, 0.6) is 0 Å². The van der Waals surface area contributed by atoms with Gasteiger partial charge in [0.05, 0.1) is 6.61 Å². The Morgan fingerprint density at radius 1 is 1.50 bits per heavy atom. The highest BCUT2D eigenvalue weighted by Gasteiger charge is 2.08. The predicted octanol–water partition coefficient (Wildman–Crippen LogP) is 1.01. The number of hydrogen-bond acceptors (Lipinski definition) is 4. The highest BCUT2D eigenvalue weighted by molar-refractivity contribution is 5.25. The van der Waals surface area contributed by atoms with Crippen LogP contribution in [0.4, 0.5) is 6.01 Å². The van der Waals surface area contributed by atoms with Gasteiger partial charge < -0.3 is 14.4 Å². The molecule has 0 radical (unpaired) electrons. The Labute approximate surface area is 71.8 Å². The molecule has 0 bridgehead atoms. The molecule has 0 spiro atoms. The number of aromatic nitrogens is 1. The van der Waals surface area contributed by atoms with E-state index in [4.69, 9.17) is 9.52 Å². The lowest BCUT2D eigenvalue weighted by Crippen LogP contribution is -2.22. The molecule has 1 aromatic heterocycles. The summed E-state index contributed by atoms with van der Waals surface area (Å²) >= 11 is 0. The van der Waals surface area contributed by atoms with Gasteiger partial charge in [0, 0.05) is 13.1 Å². The van der Waals surface area contributed by atoms with Gasteiger partial charge >= 0.3 is 0 Å². The summed E-state index contributed by atoms with van der Waals surface area (Å²) in [5, 5.41) is 8.74. The maximum Gasteiger partial charge on any atom is 0.297 e. The molecule has 0 aliphatic rings. The van der Waals surface area contributed by atoms with E-state index in [1.807, 2.05) is 18.7 Å². The fourth-order valence-electron chi connectivity index (χ4n) is 1.01. The average molecular weight is 170 g/mol. The summed E-state index contributed by atoms with van der Waals surface area (Å²) in [6.07, 6.45) is 1.48. The van der Waals surface area contributed by atoms with Crippen LogP contribution in [0.2, 0.25) is 0 Å². The summed E-state index contributed by atoms with van der Waals surface area (Å²) in [6, 6.07) is 0.587. The third-order valence-electron chi connectivity index (χ3n) is 1.74. The zero-order valence-corrected chi connectivity index (χ0v) is 7.45. The Morgan fingerprint density at radius 3 is 2.58 bits per heavy atom. The molecule has 0 aliphatic carbocycles. The van der Waals surface area contributed by atoms with Crippen LogP contribution in [0, 0.1) is 0 Å². The highest BCUT2D eigenvalue weighted by atomic mass is 16.4. The summed E-state index contributed by atoms with van der Waals surface area (Å²) in [7, 11) is 0. The predicted molar refractivity (Wildman–Crippen MR) is 46.0 cm³/mol. The lowest BCUT2D eigenvalue weighted by atomic mass is 10.5. The van der Waals surface area contributed by atoms with Crippen molar-refractivity contribution < 1.29 is 9.52 Å². The molecule has 1 rings (SSSR count). The van der Waals surface area contributed by atoms with Crippen molar-refractivity contribution in [1.82, 2.24) is 4.98 Å². The SMILES string of the molecule is CCN(CC)c1nc(CO)co1. The molecular weight excluding hydrogens is 156 g/mol. The first-order chi connectivity index (χ1) is 5.81. The smallest absolute Gasteiger partial charge is 0.297 e. The topological polar surface area (TPSA) is 49.5 Å². The average Bonchev–Trinajstić information content (AvgIpc) is 2.55. The maximum atomic E-state index is 8.74. The maximum absolute atomic E-state index is 8.74. The van der Waals surface area contributed by atoms with E-state index in [0.29, 0.717) is 11.7 Å². The molecular formula is C8H14N2O2. The van der Waals surface area contributed by atoms with Crippen LogP contribution in [-0.4, -0.2) is 23.2 Å². The van der Waals surface area contributed by atoms with Crippen LogP contribution < -0.4 is 4.90 Å². The monoisotopic (exact) mass is 170 g/mol. The molecule has 1 aromatic rings. The van der Waals surface area contributed by atoms with Gasteiger partial charge in [-0.25, -0.2) is 0 Å². The van der Waals surface area contributed by atoms with E-state index in [9.17, 15) is 0 Å². The van der Waals surface area contributed by atoms with Crippen molar-refractivity contribution in [2.24, 2.45) is 0 Å². The van der Waals surface area contributed by atoms with Crippen LogP contribution in [0.3, 0.4) is 0 Å². The van der Waals surface area contributed by atoms with Gasteiger partial charge in [0.2, 0.25) is 0 Å². The van der Waals surface area contributed by atoms with E-state index in [1.165, 1.54) is 6.26 Å². The number of nitrogens with zero attached hydrogens (tertiary/aromatic N) is 2. The molecule has 0 atom stereocenters. The molecule has 4 nitrogen and oxygen atoms in total. The van der Waals surface area contributed by atoms with E-state index < -0.39 is 0 Å². The molecule has 0 unspecified atom stereocenters. The molecule has 1 heterocycles. The Hall–Kier alpha value is -1.03. The lowest BCUT2D eigenvalue weighted by Gasteiger charge is -2.14. The number of hydrogen-bond donors (Lipinski definition) is 1. The minimum atomic E-state index is -0.0647. The summed E-state index contributed by atoms with van der Waals surface area (Å²) in [6.45, 7) is 5.73. The van der Waals surface area contributed by atoms with Crippen molar-refractivity contribution in [2.45, 2.75) is 20.5 Å². The second kappa shape index (κ2) is 4.11. The zero-order valence-electron chi connectivity index (χ0n) is 7.45. The van der Waals surface area contributed by atoms with E-state index in [-0.39, 0.29) is 6.61 Å². The molecule has 0 aromatic carbocycles. The first-order valence-electron chi connectivity index (χ1n) is 4.12. The minimum absolute atomic E-state index is 0.0647.